The van der Waals surface area contributed by atoms with Crippen molar-refractivity contribution in [1.29, 1.82) is 0 Å². The molecule has 3 nitrogen and oxygen atoms in total. The highest BCUT2D eigenvalue weighted by molar-refractivity contribution is 5.76. The van der Waals surface area contributed by atoms with Crippen molar-refractivity contribution in [3.8, 4) is 0 Å². The van der Waals surface area contributed by atoms with Gasteiger partial charge in [0.1, 0.15) is 0 Å². The Bertz CT molecular complexity index is 445. The molecule has 0 unspecified atom stereocenters. The monoisotopic (exact) mass is 269 g/mol. The number of hydrogen-bond acceptors (Lipinski definition) is 2. The second-order valence-corrected chi connectivity index (χ2v) is 4.78. The van der Waals surface area contributed by atoms with Crippen LogP contribution in [0.15, 0.2) is 18.2 Å². The Kier molecular flexibility index (Phi) is 4.85. The molecule has 0 aromatic heterocycles. The standard InChI is InChI=1S/C14H17F2NO2/c15-12-3-1-10(7-13(12)16)2-4-14(18)17-8-11-5-6-19-9-11/h1,3,7,11H,2,4-6,8-9H2,(H,17,18)/t11-/m0/s1. The van der Waals surface area contributed by atoms with Crippen molar-refractivity contribution < 1.29 is 18.3 Å². The fourth-order valence-corrected chi connectivity index (χ4v) is 2.04. The third-order valence-electron chi connectivity index (χ3n) is 3.24. The van der Waals surface area contributed by atoms with E-state index in [9.17, 15) is 13.6 Å². The lowest BCUT2D eigenvalue weighted by molar-refractivity contribution is -0.121. The quantitative estimate of drug-likeness (QED) is 0.888. The van der Waals surface area contributed by atoms with Crippen molar-refractivity contribution in [2.75, 3.05) is 19.8 Å². The van der Waals surface area contributed by atoms with Crippen LogP contribution in [0.4, 0.5) is 8.78 Å². The lowest BCUT2D eigenvalue weighted by atomic mass is 10.1. The molecule has 1 aliphatic rings. The number of carbonyl (C=O) groups is 1. The molecule has 1 aromatic rings. The van der Waals surface area contributed by atoms with Gasteiger partial charge in [-0.2, -0.15) is 0 Å². The average Bonchev–Trinajstić information content (AvgIpc) is 2.91. The van der Waals surface area contributed by atoms with Crippen LogP contribution < -0.4 is 5.32 Å². The minimum atomic E-state index is -0.874. The molecule has 0 radical (unpaired) electrons. The van der Waals surface area contributed by atoms with Crippen LogP contribution in [-0.4, -0.2) is 25.7 Å². The van der Waals surface area contributed by atoms with E-state index in [2.05, 4.69) is 5.32 Å². The van der Waals surface area contributed by atoms with E-state index in [-0.39, 0.29) is 12.3 Å². The number of amides is 1. The van der Waals surface area contributed by atoms with E-state index in [4.69, 9.17) is 4.74 Å². The SMILES string of the molecule is O=C(CCc1ccc(F)c(F)c1)NC[C@@H]1CCOC1. The maximum Gasteiger partial charge on any atom is 0.220 e. The molecule has 0 bridgehead atoms. The van der Waals surface area contributed by atoms with Crippen molar-refractivity contribution in [2.24, 2.45) is 5.92 Å². The second-order valence-electron chi connectivity index (χ2n) is 4.78. The molecular weight excluding hydrogens is 252 g/mol. The minimum Gasteiger partial charge on any atom is -0.381 e. The van der Waals surface area contributed by atoms with E-state index in [1.807, 2.05) is 0 Å². The highest BCUT2D eigenvalue weighted by Crippen LogP contribution is 2.12. The van der Waals surface area contributed by atoms with Crippen molar-refractivity contribution >= 4 is 5.91 Å². The van der Waals surface area contributed by atoms with Crippen molar-refractivity contribution in [1.82, 2.24) is 5.32 Å². The Morgan fingerprint density at radius 3 is 2.89 bits per heavy atom. The van der Waals surface area contributed by atoms with Crippen LogP contribution in [0.2, 0.25) is 0 Å². The summed E-state index contributed by atoms with van der Waals surface area (Å²) in [5.74, 6) is -1.42. The van der Waals surface area contributed by atoms with Crippen LogP contribution in [0.25, 0.3) is 0 Å². The number of halogens is 2. The summed E-state index contributed by atoms with van der Waals surface area (Å²) in [6.45, 7) is 2.08. The van der Waals surface area contributed by atoms with Gasteiger partial charge in [0.05, 0.1) is 6.61 Å². The maximum absolute atomic E-state index is 13.0. The first-order chi connectivity index (χ1) is 9.15. The highest BCUT2D eigenvalue weighted by atomic mass is 19.2. The van der Waals surface area contributed by atoms with E-state index >= 15 is 0 Å². The Labute approximate surface area is 111 Å². The van der Waals surface area contributed by atoms with Gasteiger partial charge in [-0.15, -0.1) is 0 Å². The van der Waals surface area contributed by atoms with Gasteiger partial charge in [-0.3, -0.25) is 4.79 Å². The lowest BCUT2D eigenvalue weighted by Crippen LogP contribution is -2.29. The molecule has 1 aliphatic heterocycles. The molecule has 2 rings (SSSR count). The van der Waals surface area contributed by atoms with Gasteiger partial charge in [0, 0.05) is 25.5 Å². The smallest absolute Gasteiger partial charge is 0.220 e. The molecule has 0 spiro atoms. The largest absolute Gasteiger partial charge is 0.381 e. The molecule has 19 heavy (non-hydrogen) atoms. The Morgan fingerprint density at radius 2 is 2.21 bits per heavy atom. The van der Waals surface area contributed by atoms with Gasteiger partial charge in [0.25, 0.3) is 0 Å². The van der Waals surface area contributed by atoms with Crippen molar-refractivity contribution in [3.63, 3.8) is 0 Å². The fourth-order valence-electron chi connectivity index (χ4n) is 2.04. The predicted octanol–water partition coefficient (Wildman–Crippen LogP) is 2.05. The summed E-state index contributed by atoms with van der Waals surface area (Å²) in [5, 5.41) is 2.83. The minimum absolute atomic E-state index is 0.0726. The van der Waals surface area contributed by atoms with Crippen LogP contribution in [0.3, 0.4) is 0 Å². The topological polar surface area (TPSA) is 38.3 Å². The Balaban J connectivity index is 1.71. The summed E-state index contributed by atoms with van der Waals surface area (Å²) in [6, 6.07) is 3.71. The number of hydrogen-bond donors (Lipinski definition) is 1. The molecule has 5 heteroatoms. The van der Waals surface area contributed by atoms with Crippen LogP contribution in [0, 0.1) is 17.6 Å². The van der Waals surface area contributed by atoms with E-state index in [1.165, 1.54) is 6.07 Å². The summed E-state index contributed by atoms with van der Waals surface area (Å²) in [5.41, 5.74) is 0.623. The normalized spacial score (nSPS) is 18.5. The summed E-state index contributed by atoms with van der Waals surface area (Å²) in [6.07, 6.45) is 1.66. The first-order valence-corrected chi connectivity index (χ1v) is 6.43. The van der Waals surface area contributed by atoms with Gasteiger partial charge in [-0.1, -0.05) is 6.07 Å². The molecule has 104 valence electrons. The number of nitrogens with one attached hydrogen (secondary N) is 1. The Morgan fingerprint density at radius 1 is 1.37 bits per heavy atom. The Hall–Kier alpha value is -1.49. The van der Waals surface area contributed by atoms with Gasteiger partial charge < -0.3 is 10.1 Å². The van der Waals surface area contributed by atoms with Crippen molar-refractivity contribution in [3.05, 3.63) is 35.4 Å². The maximum atomic E-state index is 13.0. The van der Waals surface area contributed by atoms with Gasteiger partial charge in [0.15, 0.2) is 11.6 Å². The molecule has 0 saturated carbocycles. The zero-order valence-corrected chi connectivity index (χ0v) is 10.6. The fraction of sp³-hybridized carbons (Fsp3) is 0.500. The molecule has 1 amide bonds. The van der Waals surface area contributed by atoms with Gasteiger partial charge >= 0.3 is 0 Å². The average molecular weight is 269 g/mol. The lowest BCUT2D eigenvalue weighted by Gasteiger charge is -2.09. The van der Waals surface area contributed by atoms with Gasteiger partial charge in [-0.25, -0.2) is 8.78 Å². The molecule has 0 aliphatic carbocycles. The van der Waals surface area contributed by atoms with Crippen molar-refractivity contribution in [2.45, 2.75) is 19.3 Å². The third kappa shape index (κ3) is 4.28. The molecule has 1 N–H and O–H groups in total. The van der Waals surface area contributed by atoms with Crippen LogP contribution in [-0.2, 0) is 16.0 Å². The first-order valence-electron chi connectivity index (χ1n) is 6.43. The summed E-state index contributed by atoms with van der Waals surface area (Å²) >= 11 is 0. The zero-order chi connectivity index (χ0) is 13.7. The third-order valence-corrected chi connectivity index (χ3v) is 3.24. The van der Waals surface area contributed by atoms with Gasteiger partial charge in [-0.05, 0) is 30.5 Å². The molecule has 1 saturated heterocycles. The second kappa shape index (κ2) is 6.61. The van der Waals surface area contributed by atoms with Gasteiger partial charge in [0.2, 0.25) is 5.91 Å². The number of carbonyl (C=O) groups excluding carboxylic acids is 1. The molecule has 1 fully saturated rings. The molecular formula is C14H17F2NO2. The highest BCUT2D eigenvalue weighted by Gasteiger charge is 2.16. The van der Waals surface area contributed by atoms with E-state index in [0.717, 1.165) is 25.2 Å². The van der Waals surface area contributed by atoms with Crippen LogP contribution in [0.5, 0.6) is 0 Å². The number of benzene rings is 1. The van der Waals surface area contributed by atoms with Crippen LogP contribution >= 0.6 is 0 Å². The number of ether oxygens (including phenoxy) is 1. The van der Waals surface area contributed by atoms with E-state index in [0.29, 0.717) is 31.1 Å². The summed E-state index contributed by atoms with van der Waals surface area (Å²) < 4.78 is 30.9. The zero-order valence-electron chi connectivity index (χ0n) is 10.6. The number of rotatable bonds is 5. The predicted molar refractivity (Wildman–Crippen MR) is 66.6 cm³/mol. The van der Waals surface area contributed by atoms with E-state index < -0.39 is 11.6 Å². The molecule has 1 heterocycles. The first kappa shape index (κ1) is 13.9. The summed E-state index contributed by atoms with van der Waals surface area (Å²) in [7, 11) is 0. The van der Waals surface area contributed by atoms with E-state index in [1.54, 1.807) is 0 Å². The van der Waals surface area contributed by atoms with Crippen LogP contribution in [0.1, 0.15) is 18.4 Å². The molecule has 1 atom stereocenters. The number of aryl methyl sites for hydroxylation is 1. The summed E-state index contributed by atoms with van der Waals surface area (Å²) in [4.78, 5) is 11.6. The molecule has 1 aromatic carbocycles.